The van der Waals surface area contributed by atoms with Crippen molar-refractivity contribution >= 4 is 6.47 Å². The molecule has 0 unspecified atom stereocenters. The molecule has 2 aromatic rings. The van der Waals surface area contributed by atoms with Gasteiger partial charge in [0.25, 0.3) is 6.47 Å². The van der Waals surface area contributed by atoms with Crippen molar-refractivity contribution in [3.63, 3.8) is 0 Å². The molecule has 2 saturated heterocycles. The number of methoxy groups -OCH3 is 1. The highest BCUT2D eigenvalue weighted by Crippen LogP contribution is 2.36. The summed E-state index contributed by atoms with van der Waals surface area (Å²) in [5, 5.41) is 16.0. The van der Waals surface area contributed by atoms with Gasteiger partial charge in [-0.3, -0.25) is 9.69 Å². The van der Waals surface area contributed by atoms with Gasteiger partial charge >= 0.3 is 0 Å². The van der Waals surface area contributed by atoms with E-state index in [4.69, 9.17) is 24.5 Å². The lowest BCUT2D eigenvalue weighted by Gasteiger charge is -2.34. The zero-order valence-electron chi connectivity index (χ0n) is 16.3. The molecule has 2 N–H and O–H groups in total. The van der Waals surface area contributed by atoms with Crippen molar-refractivity contribution in [1.29, 1.82) is 0 Å². The number of hydrogen-bond acceptors (Lipinski definition) is 6. The van der Waals surface area contributed by atoms with E-state index in [1.807, 2.05) is 6.20 Å². The van der Waals surface area contributed by atoms with Gasteiger partial charge in [-0.15, -0.1) is 0 Å². The standard InChI is InChI=1S/C19H24FN3O3.CH2O2/c1-25-18-8-13(20)2-3-17(18)19-21-5-6-23(19)14-9-15-12-26-16(4-7-24)11-22(15)10-14;2-1-3/h2-3,5-6,8,14-16,24H,4,7,9-12H2,1H3;1H,(H,2,3)/t14-,15-,16-;/m0./s1. The monoisotopic (exact) mass is 407 g/mol. The van der Waals surface area contributed by atoms with Crippen LogP contribution in [0.2, 0.25) is 0 Å². The van der Waals surface area contributed by atoms with E-state index in [0.717, 1.165) is 30.9 Å². The Hall–Kier alpha value is -2.49. The van der Waals surface area contributed by atoms with E-state index in [2.05, 4.69) is 14.5 Å². The minimum atomic E-state index is -0.325. The first-order valence-corrected chi connectivity index (χ1v) is 9.52. The van der Waals surface area contributed by atoms with E-state index in [0.29, 0.717) is 24.8 Å². The number of nitrogens with zero attached hydrogens (tertiary/aromatic N) is 3. The minimum Gasteiger partial charge on any atom is -0.496 e. The van der Waals surface area contributed by atoms with E-state index in [1.165, 1.54) is 12.1 Å². The summed E-state index contributed by atoms with van der Waals surface area (Å²) < 4.78 is 26.9. The summed E-state index contributed by atoms with van der Waals surface area (Å²) in [6, 6.07) is 5.21. The lowest BCUT2D eigenvalue weighted by atomic mass is 10.1. The molecule has 8 nitrogen and oxygen atoms in total. The lowest BCUT2D eigenvalue weighted by molar-refractivity contribution is -0.122. The maximum atomic E-state index is 13.5. The third-order valence-corrected chi connectivity index (χ3v) is 5.39. The number of aliphatic hydroxyl groups is 1. The van der Waals surface area contributed by atoms with Crippen LogP contribution in [0, 0.1) is 5.82 Å². The molecule has 0 spiro atoms. The third kappa shape index (κ3) is 4.75. The summed E-state index contributed by atoms with van der Waals surface area (Å²) in [5.41, 5.74) is 0.790. The molecule has 0 aliphatic carbocycles. The van der Waals surface area contributed by atoms with Crippen molar-refractivity contribution in [3.05, 3.63) is 36.4 Å². The highest BCUT2D eigenvalue weighted by molar-refractivity contribution is 5.64. The Kier molecular flexibility index (Phi) is 7.18. The van der Waals surface area contributed by atoms with Crippen molar-refractivity contribution in [3.8, 4) is 17.1 Å². The number of rotatable bonds is 5. The van der Waals surface area contributed by atoms with Crippen molar-refractivity contribution < 1.29 is 28.9 Å². The van der Waals surface area contributed by atoms with Gasteiger partial charge in [-0.1, -0.05) is 0 Å². The molecule has 2 aliphatic heterocycles. The molecular weight excluding hydrogens is 381 g/mol. The second-order valence-electron chi connectivity index (χ2n) is 7.07. The van der Waals surface area contributed by atoms with Crippen LogP contribution in [0.4, 0.5) is 4.39 Å². The number of halogens is 1. The fourth-order valence-corrected chi connectivity index (χ4v) is 4.10. The van der Waals surface area contributed by atoms with Gasteiger partial charge in [0, 0.05) is 50.2 Å². The maximum Gasteiger partial charge on any atom is 0.290 e. The lowest BCUT2D eigenvalue weighted by Crippen LogP contribution is -2.46. The van der Waals surface area contributed by atoms with E-state index in [1.54, 1.807) is 19.4 Å². The number of carbonyl (C=O) groups is 1. The number of hydrogen-bond donors (Lipinski definition) is 2. The Bertz CT molecular complexity index is 815. The highest BCUT2D eigenvalue weighted by atomic mass is 19.1. The molecule has 0 bridgehead atoms. The normalized spacial score (nSPS) is 23.8. The molecule has 0 saturated carbocycles. The van der Waals surface area contributed by atoms with Crippen LogP contribution < -0.4 is 4.74 Å². The van der Waals surface area contributed by atoms with Crippen molar-refractivity contribution in [2.75, 3.05) is 33.4 Å². The Labute approximate surface area is 168 Å². The highest BCUT2D eigenvalue weighted by Gasteiger charge is 2.38. The minimum absolute atomic E-state index is 0.106. The molecule has 29 heavy (non-hydrogen) atoms. The van der Waals surface area contributed by atoms with Gasteiger partial charge < -0.3 is 24.3 Å². The van der Waals surface area contributed by atoms with Crippen LogP contribution in [0.1, 0.15) is 18.9 Å². The molecule has 2 fully saturated rings. The number of imidazole rings is 1. The van der Waals surface area contributed by atoms with E-state index in [-0.39, 0.29) is 31.0 Å². The second kappa shape index (κ2) is 9.82. The van der Waals surface area contributed by atoms with Crippen molar-refractivity contribution in [1.82, 2.24) is 14.5 Å². The van der Waals surface area contributed by atoms with Crippen LogP contribution in [-0.4, -0.2) is 76.7 Å². The molecule has 1 aromatic carbocycles. The third-order valence-electron chi connectivity index (χ3n) is 5.39. The number of ether oxygens (including phenoxy) is 2. The summed E-state index contributed by atoms with van der Waals surface area (Å²) >= 11 is 0. The van der Waals surface area contributed by atoms with Gasteiger partial charge in [-0.25, -0.2) is 9.37 Å². The van der Waals surface area contributed by atoms with Gasteiger partial charge in [0.1, 0.15) is 17.4 Å². The Morgan fingerprint density at radius 2 is 2.17 bits per heavy atom. The Morgan fingerprint density at radius 1 is 1.38 bits per heavy atom. The summed E-state index contributed by atoms with van der Waals surface area (Å²) in [4.78, 5) is 15.3. The van der Waals surface area contributed by atoms with Gasteiger partial charge in [-0.05, 0) is 25.0 Å². The van der Waals surface area contributed by atoms with Crippen LogP contribution in [0.25, 0.3) is 11.4 Å². The SMILES string of the molecule is COc1cc(F)ccc1-c1nccn1[C@H]1C[C@H]2CO[C@@H](CCO)CN2C1.O=CO. The molecule has 9 heteroatoms. The maximum absolute atomic E-state index is 13.5. The largest absolute Gasteiger partial charge is 0.496 e. The molecule has 2 aliphatic rings. The molecule has 0 radical (unpaired) electrons. The predicted molar refractivity (Wildman–Crippen MR) is 103 cm³/mol. The molecule has 3 atom stereocenters. The summed E-state index contributed by atoms with van der Waals surface area (Å²) in [6.45, 7) is 2.38. The molecular formula is C20H26FN3O5. The molecule has 158 valence electrons. The average Bonchev–Trinajstić information content (AvgIpc) is 3.35. The zero-order chi connectivity index (χ0) is 20.8. The van der Waals surface area contributed by atoms with Crippen LogP contribution in [0.3, 0.4) is 0 Å². The fraction of sp³-hybridized carbons (Fsp3) is 0.500. The number of carboxylic acid groups (broad SMARTS) is 1. The fourth-order valence-electron chi connectivity index (χ4n) is 4.10. The topological polar surface area (TPSA) is 97.1 Å². The van der Waals surface area contributed by atoms with Crippen molar-refractivity contribution in [2.24, 2.45) is 0 Å². The number of fused-ring (bicyclic) bond motifs is 1. The van der Waals surface area contributed by atoms with Crippen LogP contribution >= 0.6 is 0 Å². The Morgan fingerprint density at radius 3 is 2.90 bits per heavy atom. The molecule has 0 amide bonds. The smallest absolute Gasteiger partial charge is 0.290 e. The van der Waals surface area contributed by atoms with E-state index >= 15 is 0 Å². The van der Waals surface area contributed by atoms with Gasteiger partial charge in [0.05, 0.1) is 25.4 Å². The number of benzene rings is 1. The van der Waals surface area contributed by atoms with Crippen LogP contribution in [0.15, 0.2) is 30.6 Å². The van der Waals surface area contributed by atoms with Crippen molar-refractivity contribution in [2.45, 2.75) is 31.0 Å². The van der Waals surface area contributed by atoms with E-state index in [9.17, 15) is 4.39 Å². The van der Waals surface area contributed by atoms with Crippen LogP contribution in [0.5, 0.6) is 5.75 Å². The molecule has 1 aromatic heterocycles. The number of aromatic nitrogens is 2. The summed E-state index contributed by atoms with van der Waals surface area (Å²) in [5.74, 6) is 0.952. The summed E-state index contributed by atoms with van der Waals surface area (Å²) in [6.07, 6.45) is 5.53. The molecule has 3 heterocycles. The number of aliphatic hydroxyl groups excluding tert-OH is 1. The zero-order valence-corrected chi connectivity index (χ0v) is 16.3. The summed E-state index contributed by atoms with van der Waals surface area (Å²) in [7, 11) is 1.54. The average molecular weight is 407 g/mol. The first-order valence-electron chi connectivity index (χ1n) is 9.52. The van der Waals surface area contributed by atoms with E-state index < -0.39 is 0 Å². The first-order chi connectivity index (χ1) is 14.1. The second-order valence-corrected chi connectivity index (χ2v) is 7.07. The van der Waals surface area contributed by atoms with Gasteiger partial charge in [-0.2, -0.15) is 0 Å². The number of morpholine rings is 1. The Balaban J connectivity index is 0.000000755. The molecule has 4 rings (SSSR count). The predicted octanol–water partition coefficient (Wildman–Crippen LogP) is 1.80. The first kappa shape index (κ1) is 21.2. The quantitative estimate of drug-likeness (QED) is 0.730. The van der Waals surface area contributed by atoms with Gasteiger partial charge in [0.15, 0.2) is 0 Å². The van der Waals surface area contributed by atoms with Crippen LogP contribution in [-0.2, 0) is 9.53 Å². The van der Waals surface area contributed by atoms with Gasteiger partial charge in [0.2, 0.25) is 0 Å².